The lowest BCUT2D eigenvalue weighted by molar-refractivity contribution is -0.126. The molecule has 35 heavy (non-hydrogen) atoms. The first-order valence-corrected chi connectivity index (χ1v) is 14.6. The molecular weight excluding hydrogens is 530 g/mol. The Kier molecular flexibility index (Phi) is 9.21. The minimum Gasteiger partial charge on any atom is -0.492 e. The zero-order valence-corrected chi connectivity index (χ0v) is 22.4. The van der Waals surface area contributed by atoms with Gasteiger partial charge in [0.2, 0.25) is 15.9 Å². The molecule has 0 aromatic heterocycles. The number of piperidine rings is 2. The number of likely N-dealkylation sites (tertiary alicyclic amines) is 1. The predicted octanol–water partition coefficient (Wildman–Crippen LogP) is 4.03. The third-order valence-electron chi connectivity index (χ3n) is 6.72. The van der Waals surface area contributed by atoms with Gasteiger partial charge >= 0.3 is 0 Å². The smallest absolute Gasteiger partial charge is 0.243 e. The summed E-state index contributed by atoms with van der Waals surface area (Å²) in [5.74, 6) is 0.716. The van der Waals surface area contributed by atoms with E-state index in [0.29, 0.717) is 36.9 Å². The molecule has 190 valence electrons. The zero-order chi connectivity index (χ0) is 24.7. The fraction of sp³-hybridized carbons (Fsp3) is 0.500. The number of carbonyl (C=O) groups is 1. The minimum absolute atomic E-state index is 0.0374. The van der Waals surface area contributed by atoms with Crippen LogP contribution in [0.5, 0.6) is 5.75 Å². The molecule has 1 amide bonds. The lowest BCUT2D eigenvalue weighted by Gasteiger charge is -2.31. The van der Waals surface area contributed by atoms with Crippen molar-refractivity contribution in [2.24, 2.45) is 5.92 Å². The van der Waals surface area contributed by atoms with Crippen LogP contribution in [0.1, 0.15) is 37.7 Å². The molecule has 2 fully saturated rings. The number of hydrogen-bond acceptors (Lipinski definition) is 5. The zero-order valence-electron chi connectivity index (χ0n) is 20.0. The van der Waals surface area contributed by atoms with Crippen LogP contribution in [0.3, 0.4) is 0 Å². The van der Waals surface area contributed by atoms with Crippen molar-refractivity contribution in [1.29, 1.82) is 0 Å². The van der Waals surface area contributed by atoms with E-state index >= 15 is 0 Å². The van der Waals surface area contributed by atoms with Gasteiger partial charge in [-0.25, -0.2) is 8.42 Å². The summed E-state index contributed by atoms with van der Waals surface area (Å²) in [4.78, 5) is 15.2. The van der Waals surface area contributed by atoms with Crippen molar-refractivity contribution >= 4 is 31.9 Å². The van der Waals surface area contributed by atoms with E-state index in [0.717, 1.165) is 56.2 Å². The van der Waals surface area contributed by atoms with Crippen molar-refractivity contribution in [3.8, 4) is 5.75 Å². The predicted molar refractivity (Wildman–Crippen MR) is 140 cm³/mol. The third kappa shape index (κ3) is 7.29. The van der Waals surface area contributed by atoms with Gasteiger partial charge in [0.25, 0.3) is 0 Å². The number of hydrogen-bond donors (Lipinski definition) is 1. The highest BCUT2D eigenvalue weighted by molar-refractivity contribution is 9.10. The number of amides is 1. The summed E-state index contributed by atoms with van der Waals surface area (Å²) in [6, 6.07) is 14.9. The van der Waals surface area contributed by atoms with E-state index in [4.69, 9.17) is 4.74 Å². The molecule has 2 aliphatic heterocycles. The van der Waals surface area contributed by atoms with E-state index in [9.17, 15) is 13.2 Å². The van der Waals surface area contributed by atoms with Crippen molar-refractivity contribution in [1.82, 2.24) is 14.5 Å². The van der Waals surface area contributed by atoms with Crippen LogP contribution in [0.2, 0.25) is 0 Å². The summed E-state index contributed by atoms with van der Waals surface area (Å²) < 4.78 is 33.8. The van der Waals surface area contributed by atoms with E-state index in [1.807, 2.05) is 0 Å². The second-order valence-corrected chi connectivity index (χ2v) is 12.1. The molecule has 0 unspecified atom stereocenters. The first-order valence-electron chi connectivity index (χ1n) is 12.4. The van der Waals surface area contributed by atoms with E-state index < -0.39 is 10.0 Å². The normalized spacial score (nSPS) is 18.3. The third-order valence-corrected chi connectivity index (χ3v) is 9.17. The van der Waals surface area contributed by atoms with Crippen molar-refractivity contribution in [2.75, 3.05) is 39.3 Å². The van der Waals surface area contributed by atoms with E-state index in [1.54, 1.807) is 28.6 Å². The van der Waals surface area contributed by atoms with Crippen LogP contribution in [-0.4, -0.2) is 62.9 Å². The molecule has 7 nitrogen and oxygen atoms in total. The van der Waals surface area contributed by atoms with E-state index in [1.165, 1.54) is 5.56 Å². The van der Waals surface area contributed by atoms with E-state index in [2.05, 4.69) is 50.4 Å². The summed E-state index contributed by atoms with van der Waals surface area (Å²) in [5.41, 5.74) is 1.28. The van der Waals surface area contributed by atoms with Gasteiger partial charge in [-0.15, -0.1) is 0 Å². The Labute approximate surface area is 217 Å². The molecule has 1 N–H and O–H groups in total. The van der Waals surface area contributed by atoms with Gasteiger partial charge in [0.15, 0.2) is 0 Å². The number of rotatable bonds is 9. The van der Waals surface area contributed by atoms with Crippen molar-refractivity contribution in [2.45, 2.75) is 43.5 Å². The van der Waals surface area contributed by atoms with Gasteiger partial charge in [-0.2, -0.15) is 4.31 Å². The number of halogens is 1. The van der Waals surface area contributed by atoms with E-state index in [-0.39, 0.29) is 11.8 Å². The Morgan fingerprint density at radius 3 is 2.26 bits per heavy atom. The van der Waals surface area contributed by atoms with Gasteiger partial charge < -0.3 is 10.1 Å². The highest BCUT2D eigenvalue weighted by Crippen LogP contribution is 2.23. The van der Waals surface area contributed by atoms with Crippen LogP contribution >= 0.6 is 15.9 Å². The molecule has 2 aromatic carbocycles. The van der Waals surface area contributed by atoms with Crippen LogP contribution in [0, 0.1) is 5.92 Å². The first-order chi connectivity index (χ1) is 16.9. The highest BCUT2D eigenvalue weighted by atomic mass is 79.9. The van der Waals surface area contributed by atoms with Gasteiger partial charge in [0, 0.05) is 30.0 Å². The molecular formula is C26H34BrN3O4S. The lowest BCUT2D eigenvalue weighted by Crippen LogP contribution is -2.41. The highest BCUT2D eigenvalue weighted by Gasteiger charge is 2.26. The Morgan fingerprint density at radius 2 is 1.60 bits per heavy atom. The largest absolute Gasteiger partial charge is 0.492 e. The summed E-state index contributed by atoms with van der Waals surface area (Å²) in [5, 5.41) is 2.98. The number of nitrogens with one attached hydrogen (secondary N) is 1. The summed E-state index contributed by atoms with van der Waals surface area (Å²) in [6.07, 6.45) is 4.63. The summed E-state index contributed by atoms with van der Waals surface area (Å²) in [7, 11) is -3.44. The Morgan fingerprint density at radius 1 is 0.943 bits per heavy atom. The van der Waals surface area contributed by atoms with Crippen LogP contribution < -0.4 is 10.1 Å². The Balaban J connectivity index is 1.15. The first kappa shape index (κ1) is 26.1. The maximum absolute atomic E-state index is 12.7. The van der Waals surface area contributed by atoms with Crippen LogP contribution in [0.25, 0.3) is 0 Å². The number of sulfonamides is 1. The molecule has 0 radical (unpaired) electrons. The summed E-state index contributed by atoms with van der Waals surface area (Å²) in [6.45, 7) is 4.68. The standard InChI is InChI=1S/C26H34BrN3O4S/c27-23-6-4-21(5-7-23)20-29-17-12-22(13-18-29)26(31)28-14-19-34-24-8-10-25(11-9-24)35(32,33)30-15-2-1-3-16-30/h4-11,22H,1-3,12-20H2,(H,28,31). The Hall–Kier alpha value is -1.94. The molecule has 9 heteroatoms. The van der Waals surface area contributed by atoms with Crippen LogP contribution in [0.4, 0.5) is 0 Å². The summed E-state index contributed by atoms with van der Waals surface area (Å²) >= 11 is 3.47. The molecule has 2 aliphatic rings. The average molecular weight is 565 g/mol. The fourth-order valence-corrected chi connectivity index (χ4v) is 6.43. The second kappa shape index (κ2) is 12.3. The van der Waals surface area contributed by atoms with Gasteiger partial charge in [-0.05, 0) is 80.7 Å². The molecule has 0 saturated carbocycles. The number of nitrogens with zero attached hydrogens (tertiary/aromatic N) is 2. The number of carbonyl (C=O) groups excluding carboxylic acids is 1. The Bertz CT molecular complexity index is 1060. The molecule has 2 heterocycles. The van der Waals surface area contributed by atoms with Gasteiger partial charge in [-0.3, -0.25) is 9.69 Å². The number of ether oxygens (including phenoxy) is 1. The fourth-order valence-electron chi connectivity index (χ4n) is 4.65. The average Bonchev–Trinajstić information content (AvgIpc) is 2.89. The molecule has 0 spiro atoms. The monoisotopic (exact) mass is 563 g/mol. The molecule has 2 saturated heterocycles. The maximum atomic E-state index is 12.7. The van der Waals surface area contributed by atoms with Crippen LogP contribution in [-0.2, 0) is 21.4 Å². The maximum Gasteiger partial charge on any atom is 0.243 e. The van der Waals surface area contributed by atoms with Crippen molar-refractivity contribution < 1.29 is 17.9 Å². The second-order valence-electron chi connectivity index (χ2n) is 9.25. The molecule has 2 aromatic rings. The molecule has 0 aliphatic carbocycles. The molecule has 4 rings (SSSR count). The van der Waals surface area contributed by atoms with Gasteiger partial charge in [0.05, 0.1) is 11.4 Å². The molecule has 0 bridgehead atoms. The molecule has 0 atom stereocenters. The van der Waals surface area contributed by atoms with Gasteiger partial charge in [-0.1, -0.05) is 34.5 Å². The minimum atomic E-state index is -3.44. The van der Waals surface area contributed by atoms with Crippen molar-refractivity contribution in [3.63, 3.8) is 0 Å². The van der Waals surface area contributed by atoms with Crippen LogP contribution in [0.15, 0.2) is 57.9 Å². The topological polar surface area (TPSA) is 78.9 Å². The van der Waals surface area contributed by atoms with Gasteiger partial charge in [0.1, 0.15) is 12.4 Å². The number of benzene rings is 2. The van der Waals surface area contributed by atoms with Crippen molar-refractivity contribution in [3.05, 3.63) is 58.6 Å². The lowest BCUT2D eigenvalue weighted by atomic mass is 9.95. The SMILES string of the molecule is O=C(NCCOc1ccc(S(=O)(=O)N2CCCCC2)cc1)C1CCN(Cc2ccc(Br)cc2)CC1. The quantitative estimate of drug-likeness (QED) is 0.466.